The lowest BCUT2D eigenvalue weighted by Crippen LogP contribution is -2.20. The molecule has 0 saturated heterocycles. The highest BCUT2D eigenvalue weighted by atomic mass is 16.5. The Bertz CT molecular complexity index is 712. The summed E-state index contributed by atoms with van der Waals surface area (Å²) in [7, 11) is 1.42. The summed E-state index contributed by atoms with van der Waals surface area (Å²) in [5, 5.41) is 15.2. The fourth-order valence-electron chi connectivity index (χ4n) is 1.75. The Morgan fingerprint density at radius 2 is 2.17 bits per heavy atom. The third-order valence-corrected chi connectivity index (χ3v) is 2.76. The predicted octanol–water partition coefficient (Wildman–Crippen LogP) is 1.24. The Hall–Kier alpha value is -2.94. The zero-order chi connectivity index (χ0) is 16.8. The van der Waals surface area contributed by atoms with E-state index in [1.165, 1.54) is 19.2 Å². The van der Waals surface area contributed by atoms with E-state index in [0.717, 1.165) is 0 Å². The van der Waals surface area contributed by atoms with E-state index < -0.39 is 11.9 Å². The first kappa shape index (κ1) is 16.4. The van der Waals surface area contributed by atoms with Crippen molar-refractivity contribution in [1.82, 2.24) is 10.1 Å². The lowest BCUT2D eigenvalue weighted by atomic mass is 10.1. The van der Waals surface area contributed by atoms with E-state index >= 15 is 0 Å². The second kappa shape index (κ2) is 7.36. The summed E-state index contributed by atoms with van der Waals surface area (Å²) < 4.78 is 14.9. The Balaban J connectivity index is 1.93. The normalized spacial score (nSPS) is 10.3. The lowest BCUT2D eigenvalue weighted by Gasteiger charge is -2.10. The van der Waals surface area contributed by atoms with Gasteiger partial charge in [0.25, 0.3) is 5.89 Å². The van der Waals surface area contributed by atoms with Crippen LogP contribution in [0.5, 0.6) is 5.75 Å². The third kappa shape index (κ3) is 4.51. The number of anilines is 1. The quantitative estimate of drug-likeness (QED) is 0.780. The van der Waals surface area contributed by atoms with Crippen LogP contribution >= 0.6 is 0 Å². The Kier molecular flexibility index (Phi) is 5.26. The molecule has 1 amide bonds. The first-order valence-electron chi connectivity index (χ1n) is 6.57. The molecular weight excluding hydrogens is 306 g/mol. The van der Waals surface area contributed by atoms with Crippen LogP contribution in [-0.4, -0.2) is 40.8 Å². The number of carbonyl (C=O) groups excluding carboxylic acids is 1. The molecule has 2 N–H and O–H groups in total. The number of methoxy groups -OCH3 is 1. The molecule has 0 aliphatic heterocycles. The number of hydrogen-bond acceptors (Lipinski definition) is 7. The largest absolute Gasteiger partial charge is 0.497 e. The van der Waals surface area contributed by atoms with Crippen LogP contribution in [0.15, 0.2) is 22.7 Å². The van der Waals surface area contributed by atoms with Crippen LogP contribution in [0, 0.1) is 6.92 Å². The van der Waals surface area contributed by atoms with Crippen LogP contribution in [0.1, 0.15) is 22.1 Å². The van der Waals surface area contributed by atoms with E-state index in [1.807, 2.05) is 0 Å². The number of carbonyl (C=O) groups is 2. The van der Waals surface area contributed by atoms with Crippen molar-refractivity contribution in [2.24, 2.45) is 0 Å². The highest BCUT2D eigenvalue weighted by molar-refractivity contribution is 6.01. The van der Waals surface area contributed by atoms with E-state index in [4.69, 9.17) is 19.1 Å². The average Bonchev–Trinajstić information content (AvgIpc) is 2.93. The highest BCUT2D eigenvalue weighted by Gasteiger charge is 2.14. The fourth-order valence-corrected chi connectivity index (χ4v) is 1.75. The van der Waals surface area contributed by atoms with Gasteiger partial charge in [-0.3, -0.25) is 4.79 Å². The number of amides is 1. The van der Waals surface area contributed by atoms with E-state index in [1.54, 1.807) is 13.0 Å². The molecule has 0 fully saturated rings. The molecule has 0 radical (unpaired) electrons. The van der Waals surface area contributed by atoms with Crippen molar-refractivity contribution in [3.8, 4) is 5.75 Å². The number of aryl methyl sites for hydroxylation is 1. The minimum Gasteiger partial charge on any atom is -0.497 e. The molecule has 9 nitrogen and oxygen atoms in total. The molecule has 0 saturated carbocycles. The monoisotopic (exact) mass is 321 g/mol. The molecule has 0 unspecified atom stereocenters. The summed E-state index contributed by atoms with van der Waals surface area (Å²) in [4.78, 5) is 26.9. The molecule has 0 atom stereocenters. The Morgan fingerprint density at radius 1 is 1.39 bits per heavy atom. The maximum Gasteiger partial charge on any atom is 0.337 e. The van der Waals surface area contributed by atoms with Gasteiger partial charge in [0, 0.05) is 0 Å². The maximum atomic E-state index is 11.8. The van der Waals surface area contributed by atoms with Crippen molar-refractivity contribution in [2.45, 2.75) is 13.5 Å². The van der Waals surface area contributed by atoms with E-state index in [9.17, 15) is 9.59 Å². The molecule has 9 heteroatoms. The zero-order valence-corrected chi connectivity index (χ0v) is 12.5. The number of carboxylic acids is 1. The van der Waals surface area contributed by atoms with Crippen molar-refractivity contribution in [3.05, 3.63) is 35.5 Å². The van der Waals surface area contributed by atoms with Crippen molar-refractivity contribution < 1.29 is 28.7 Å². The van der Waals surface area contributed by atoms with E-state index in [2.05, 4.69) is 15.5 Å². The fraction of sp³-hybridized carbons (Fsp3) is 0.286. The smallest absolute Gasteiger partial charge is 0.337 e. The number of aromatic nitrogens is 2. The average molecular weight is 321 g/mol. The van der Waals surface area contributed by atoms with Crippen molar-refractivity contribution in [3.63, 3.8) is 0 Å². The molecule has 1 heterocycles. The van der Waals surface area contributed by atoms with Gasteiger partial charge in [0.2, 0.25) is 5.91 Å². The summed E-state index contributed by atoms with van der Waals surface area (Å²) >= 11 is 0. The number of hydrogen-bond donors (Lipinski definition) is 2. The number of benzene rings is 1. The van der Waals surface area contributed by atoms with Gasteiger partial charge >= 0.3 is 5.97 Å². The summed E-state index contributed by atoms with van der Waals surface area (Å²) in [6, 6.07) is 4.31. The number of carboxylic acid groups (broad SMARTS) is 1. The Morgan fingerprint density at radius 3 is 2.78 bits per heavy atom. The van der Waals surface area contributed by atoms with Gasteiger partial charge in [-0.2, -0.15) is 4.98 Å². The Labute approximate surface area is 131 Å². The molecule has 2 aromatic rings. The zero-order valence-electron chi connectivity index (χ0n) is 12.5. The number of nitrogens with zero attached hydrogens (tertiary/aromatic N) is 2. The predicted molar refractivity (Wildman–Crippen MR) is 77.3 cm³/mol. The van der Waals surface area contributed by atoms with Crippen LogP contribution in [-0.2, 0) is 16.1 Å². The first-order valence-corrected chi connectivity index (χ1v) is 6.57. The van der Waals surface area contributed by atoms with Crippen LogP contribution < -0.4 is 10.1 Å². The molecule has 0 aliphatic carbocycles. The summed E-state index contributed by atoms with van der Waals surface area (Å²) in [6.45, 7) is 1.37. The van der Waals surface area contributed by atoms with Gasteiger partial charge in [0.05, 0.1) is 18.4 Å². The van der Waals surface area contributed by atoms with Gasteiger partial charge in [-0.15, -0.1) is 0 Å². The van der Waals surface area contributed by atoms with Crippen molar-refractivity contribution in [1.29, 1.82) is 0 Å². The molecule has 0 spiro atoms. The van der Waals surface area contributed by atoms with Gasteiger partial charge in [0.15, 0.2) is 5.82 Å². The molecular formula is C14H15N3O6. The van der Waals surface area contributed by atoms with Gasteiger partial charge in [0.1, 0.15) is 19.0 Å². The topological polar surface area (TPSA) is 124 Å². The molecule has 1 aromatic carbocycles. The second-order valence-corrected chi connectivity index (χ2v) is 4.49. The maximum absolute atomic E-state index is 11.8. The highest BCUT2D eigenvalue weighted by Crippen LogP contribution is 2.22. The number of rotatable bonds is 7. The van der Waals surface area contributed by atoms with Gasteiger partial charge in [-0.05, 0) is 25.1 Å². The summed E-state index contributed by atoms with van der Waals surface area (Å²) in [5.41, 5.74) is 0.0748. The molecule has 2 rings (SSSR count). The minimum absolute atomic E-state index is 0.0112. The molecule has 0 bridgehead atoms. The van der Waals surface area contributed by atoms with Crippen LogP contribution in [0.4, 0.5) is 5.69 Å². The molecule has 23 heavy (non-hydrogen) atoms. The molecule has 1 aromatic heterocycles. The first-order chi connectivity index (χ1) is 11.0. The number of nitrogens with one attached hydrogen (secondary N) is 1. The molecule has 122 valence electrons. The van der Waals surface area contributed by atoms with Gasteiger partial charge in [-0.1, -0.05) is 5.16 Å². The van der Waals surface area contributed by atoms with E-state index in [0.29, 0.717) is 11.6 Å². The van der Waals surface area contributed by atoms with Crippen molar-refractivity contribution in [2.75, 3.05) is 19.0 Å². The summed E-state index contributed by atoms with van der Waals surface area (Å²) in [6.07, 6.45) is 0. The van der Waals surface area contributed by atoms with Crippen LogP contribution in [0.3, 0.4) is 0 Å². The van der Waals surface area contributed by atoms with Gasteiger partial charge in [-0.25, -0.2) is 4.79 Å². The molecule has 0 aliphatic rings. The minimum atomic E-state index is -1.18. The van der Waals surface area contributed by atoms with Crippen molar-refractivity contribution >= 4 is 17.6 Å². The lowest BCUT2D eigenvalue weighted by molar-refractivity contribution is -0.121. The SMILES string of the molecule is COc1ccc(NC(=O)COCc2nc(C)no2)c(C(=O)O)c1. The van der Waals surface area contributed by atoms with Crippen LogP contribution in [0.2, 0.25) is 0 Å². The summed E-state index contributed by atoms with van der Waals surface area (Å²) in [5.74, 6) is -0.581. The standard InChI is InChI=1S/C14H15N3O6/c1-8-15-13(23-17-8)7-22-6-12(18)16-11-4-3-9(21-2)5-10(11)14(19)20/h3-5H,6-7H2,1-2H3,(H,16,18)(H,19,20). The van der Waals surface area contributed by atoms with Gasteiger partial charge < -0.3 is 24.4 Å². The second-order valence-electron chi connectivity index (χ2n) is 4.49. The third-order valence-electron chi connectivity index (χ3n) is 2.76. The van der Waals surface area contributed by atoms with E-state index in [-0.39, 0.29) is 30.4 Å². The number of aromatic carboxylic acids is 1. The van der Waals surface area contributed by atoms with Crippen LogP contribution in [0.25, 0.3) is 0 Å². The number of ether oxygens (including phenoxy) is 2.